The Labute approximate surface area is 99.3 Å². The van der Waals surface area contributed by atoms with Crippen LogP contribution in [0.1, 0.15) is 5.56 Å². The molecule has 1 unspecified atom stereocenters. The molecule has 0 aromatic heterocycles. The largest absolute Gasteiger partial charge is 0.480 e. The van der Waals surface area contributed by atoms with E-state index in [2.05, 4.69) is 11.4 Å². The van der Waals surface area contributed by atoms with Crippen LogP contribution in [0.5, 0.6) is 0 Å². The van der Waals surface area contributed by atoms with Crippen molar-refractivity contribution in [2.24, 2.45) is 0 Å². The molecular formula is C12H13N3O2. The second kappa shape index (κ2) is 4.85. The van der Waals surface area contributed by atoms with E-state index >= 15 is 0 Å². The van der Waals surface area contributed by atoms with Gasteiger partial charge in [0.2, 0.25) is 0 Å². The number of benzene rings is 1. The number of carbonyl (C=O) groups is 1. The van der Waals surface area contributed by atoms with Gasteiger partial charge in [0, 0.05) is 19.6 Å². The number of rotatable bonds is 2. The van der Waals surface area contributed by atoms with Crippen molar-refractivity contribution in [3.05, 3.63) is 29.8 Å². The summed E-state index contributed by atoms with van der Waals surface area (Å²) in [7, 11) is 0. The van der Waals surface area contributed by atoms with Gasteiger partial charge in [-0.3, -0.25) is 0 Å². The monoisotopic (exact) mass is 231 g/mol. The highest BCUT2D eigenvalue weighted by Crippen LogP contribution is 2.22. The van der Waals surface area contributed by atoms with E-state index in [0.29, 0.717) is 24.3 Å². The van der Waals surface area contributed by atoms with Crippen LogP contribution in [0.15, 0.2) is 24.3 Å². The third-order valence-corrected chi connectivity index (χ3v) is 2.86. The number of nitriles is 1. The highest BCUT2D eigenvalue weighted by molar-refractivity contribution is 5.80. The number of piperazine rings is 1. The average molecular weight is 231 g/mol. The molecule has 1 fully saturated rings. The van der Waals surface area contributed by atoms with Gasteiger partial charge in [-0.1, -0.05) is 12.1 Å². The van der Waals surface area contributed by atoms with Gasteiger partial charge in [0.15, 0.2) is 0 Å². The third kappa shape index (κ3) is 2.22. The first-order valence-corrected chi connectivity index (χ1v) is 5.43. The summed E-state index contributed by atoms with van der Waals surface area (Å²) >= 11 is 0. The molecule has 1 aromatic rings. The molecule has 17 heavy (non-hydrogen) atoms. The van der Waals surface area contributed by atoms with Crippen molar-refractivity contribution in [3.63, 3.8) is 0 Å². The lowest BCUT2D eigenvalue weighted by Gasteiger charge is -2.35. The SMILES string of the molecule is N#Cc1ccccc1N1CCNCC1C(=O)O. The fourth-order valence-electron chi connectivity index (χ4n) is 2.03. The van der Waals surface area contributed by atoms with Crippen LogP contribution in [0.3, 0.4) is 0 Å². The number of aliphatic carboxylic acids is 1. The number of carboxylic acids is 1. The minimum absolute atomic E-state index is 0.398. The highest BCUT2D eigenvalue weighted by atomic mass is 16.4. The molecule has 0 aliphatic carbocycles. The van der Waals surface area contributed by atoms with E-state index in [0.717, 1.165) is 6.54 Å². The quantitative estimate of drug-likeness (QED) is 0.771. The van der Waals surface area contributed by atoms with E-state index in [1.54, 1.807) is 23.1 Å². The van der Waals surface area contributed by atoms with E-state index in [4.69, 9.17) is 10.4 Å². The Morgan fingerprint density at radius 2 is 2.29 bits per heavy atom. The normalized spacial score (nSPS) is 19.7. The lowest BCUT2D eigenvalue weighted by molar-refractivity contribution is -0.138. The summed E-state index contributed by atoms with van der Waals surface area (Å²) in [6.45, 7) is 1.72. The van der Waals surface area contributed by atoms with Gasteiger partial charge >= 0.3 is 5.97 Å². The van der Waals surface area contributed by atoms with Gasteiger partial charge in [0.05, 0.1) is 11.3 Å². The van der Waals surface area contributed by atoms with Gasteiger partial charge in [-0.05, 0) is 12.1 Å². The Bertz CT molecular complexity index is 467. The summed E-state index contributed by atoms with van der Waals surface area (Å²) in [4.78, 5) is 12.9. The minimum Gasteiger partial charge on any atom is -0.480 e. The fraction of sp³-hybridized carbons (Fsp3) is 0.333. The fourth-order valence-corrected chi connectivity index (χ4v) is 2.03. The zero-order valence-corrected chi connectivity index (χ0v) is 9.26. The highest BCUT2D eigenvalue weighted by Gasteiger charge is 2.29. The first-order valence-electron chi connectivity index (χ1n) is 5.43. The number of para-hydroxylation sites is 1. The summed E-state index contributed by atoms with van der Waals surface area (Å²) in [6, 6.07) is 8.58. The summed E-state index contributed by atoms with van der Waals surface area (Å²) in [6.07, 6.45) is 0. The molecule has 1 aromatic carbocycles. The summed E-state index contributed by atoms with van der Waals surface area (Å²) in [5.74, 6) is -0.870. The molecule has 2 N–H and O–H groups in total. The Balaban J connectivity index is 2.36. The maximum absolute atomic E-state index is 11.2. The molecule has 1 heterocycles. The van der Waals surface area contributed by atoms with Crippen LogP contribution in [0, 0.1) is 11.3 Å². The molecule has 2 rings (SSSR count). The first kappa shape index (κ1) is 11.4. The van der Waals surface area contributed by atoms with Crippen LogP contribution < -0.4 is 10.2 Å². The number of nitrogens with zero attached hydrogens (tertiary/aromatic N) is 2. The second-order valence-electron chi connectivity index (χ2n) is 3.88. The van der Waals surface area contributed by atoms with Crippen LogP contribution in [0.2, 0.25) is 0 Å². The lowest BCUT2D eigenvalue weighted by atomic mass is 10.1. The average Bonchev–Trinajstić information content (AvgIpc) is 2.38. The standard InChI is InChI=1S/C12H13N3O2/c13-7-9-3-1-2-4-10(9)15-6-5-14-8-11(15)12(16)17/h1-4,11,14H,5-6,8H2,(H,16,17). The van der Waals surface area contributed by atoms with Gasteiger partial charge in [-0.15, -0.1) is 0 Å². The molecule has 1 aliphatic rings. The minimum atomic E-state index is -0.870. The van der Waals surface area contributed by atoms with Crippen molar-refractivity contribution in [2.45, 2.75) is 6.04 Å². The second-order valence-corrected chi connectivity index (χ2v) is 3.88. The number of hydrogen-bond acceptors (Lipinski definition) is 4. The zero-order chi connectivity index (χ0) is 12.3. The van der Waals surface area contributed by atoms with Crippen LogP contribution in [0.4, 0.5) is 5.69 Å². The molecule has 0 spiro atoms. The molecule has 5 nitrogen and oxygen atoms in total. The molecule has 0 bridgehead atoms. The van der Waals surface area contributed by atoms with E-state index in [1.165, 1.54) is 0 Å². The molecule has 1 aliphatic heterocycles. The Hall–Kier alpha value is -2.06. The topological polar surface area (TPSA) is 76.4 Å². The van der Waals surface area contributed by atoms with Crippen molar-refractivity contribution in [1.29, 1.82) is 5.26 Å². The van der Waals surface area contributed by atoms with E-state index in [-0.39, 0.29) is 0 Å². The Morgan fingerprint density at radius 3 is 3.00 bits per heavy atom. The summed E-state index contributed by atoms with van der Waals surface area (Å²) < 4.78 is 0. The van der Waals surface area contributed by atoms with E-state index in [9.17, 15) is 4.79 Å². The lowest BCUT2D eigenvalue weighted by Crippen LogP contribution is -2.55. The van der Waals surface area contributed by atoms with Gasteiger partial charge < -0.3 is 15.3 Å². The van der Waals surface area contributed by atoms with E-state index < -0.39 is 12.0 Å². The maximum atomic E-state index is 11.2. The molecule has 0 amide bonds. The molecule has 0 radical (unpaired) electrons. The molecule has 0 saturated carbocycles. The zero-order valence-electron chi connectivity index (χ0n) is 9.26. The van der Waals surface area contributed by atoms with Gasteiger partial charge in [0.1, 0.15) is 12.1 Å². The molecule has 1 atom stereocenters. The van der Waals surface area contributed by atoms with Crippen molar-refractivity contribution in [1.82, 2.24) is 5.32 Å². The summed E-state index contributed by atoms with van der Waals surface area (Å²) in [5, 5.41) is 21.3. The number of hydrogen-bond donors (Lipinski definition) is 2. The predicted molar refractivity (Wildman–Crippen MR) is 62.8 cm³/mol. The van der Waals surface area contributed by atoms with Gasteiger partial charge in [-0.25, -0.2) is 4.79 Å². The molecule has 1 saturated heterocycles. The first-order chi connectivity index (χ1) is 8.24. The molecule has 88 valence electrons. The van der Waals surface area contributed by atoms with Crippen molar-refractivity contribution in [2.75, 3.05) is 24.5 Å². The third-order valence-electron chi connectivity index (χ3n) is 2.86. The number of nitrogens with one attached hydrogen (secondary N) is 1. The van der Waals surface area contributed by atoms with E-state index in [1.807, 2.05) is 6.07 Å². The van der Waals surface area contributed by atoms with Crippen molar-refractivity contribution < 1.29 is 9.90 Å². The Kier molecular flexibility index (Phi) is 3.26. The van der Waals surface area contributed by atoms with Gasteiger partial charge in [-0.2, -0.15) is 5.26 Å². The van der Waals surface area contributed by atoms with Crippen LogP contribution in [-0.4, -0.2) is 36.8 Å². The predicted octanol–water partition coefficient (Wildman–Crippen LogP) is 0.421. The van der Waals surface area contributed by atoms with Crippen LogP contribution in [-0.2, 0) is 4.79 Å². The van der Waals surface area contributed by atoms with Crippen LogP contribution in [0.25, 0.3) is 0 Å². The molecule has 5 heteroatoms. The number of carboxylic acid groups (broad SMARTS) is 1. The van der Waals surface area contributed by atoms with Gasteiger partial charge in [0.25, 0.3) is 0 Å². The summed E-state index contributed by atoms with van der Waals surface area (Å²) in [5.41, 5.74) is 1.21. The smallest absolute Gasteiger partial charge is 0.327 e. The number of anilines is 1. The van der Waals surface area contributed by atoms with Crippen molar-refractivity contribution in [3.8, 4) is 6.07 Å². The Morgan fingerprint density at radius 1 is 1.53 bits per heavy atom. The molecular weight excluding hydrogens is 218 g/mol. The van der Waals surface area contributed by atoms with Crippen LogP contribution >= 0.6 is 0 Å². The van der Waals surface area contributed by atoms with Crippen molar-refractivity contribution >= 4 is 11.7 Å². The maximum Gasteiger partial charge on any atom is 0.327 e.